The van der Waals surface area contributed by atoms with Crippen molar-refractivity contribution in [2.75, 3.05) is 26.3 Å². The zero-order valence-corrected chi connectivity index (χ0v) is 16.6. The minimum Gasteiger partial charge on any atom is -0.381 e. The van der Waals surface area contributed by atoms with Crippen LogP contribution in [0.3, 0.4) is 0 Å². The van der Waals surface area contributed by atoms with Gasteiger partial charge in [-0.2, -0.15) is 0 Å². The Hall–Kier alpha value is -1.38. The van der Waals surface area contributed by atoms with Gasteiger partial charge in [0.2, 0.25) is 0 Å². The molecule has 3 aliphatic heterocycles. The number of nitrogens with one attached hydrogen (secondary N) is 2. The minimum atomic E-state index is -1.07. The van der Waals surface area contributed by atoms with E-state index >= 15 is 0 Å². The molecule has 0 amide bonds. The summed E-state index contributed by atoms with van der Waals surface area (Å²) in [6.07, 6.45) is 4.39. The second kappa shape index (κ2) is 8.55. The van der Waals surface area contributed by atoms with Crippen LogP contribution in [0.5, 0.6) is 0 Å². The third kappa shape index (κ3) is 4.00. The monoisotopic (exact) mass is 413 g/mol. The summed E-state index contributed by atoms with van der Waals surface area (Å²) >= 11 is 4.56. The van der Waals surface area contributed by atoms with Crippen LogP contribution >= 0.6 is 12.6 Å². The van der Waals surface area contributed by atoms with Crippen LogP contribution in [-0.4, -0.2) is 42.7 Å². The van der Waals surface area contributed by atoms with Crippen LogP contribution in [0, 0.1) is 17.5 Å². The van der Waals surface area contributed by atoms with Crippen molar-refractivity contribution in [3.05, 3.63) is 46.5 Å². The average Bonchev–Trinajstić information content (AvgIpc) is 3.24. The van der Waals surface area contributed by atoms with E-state index in [0.717, 1.165) is 69.0 Å². The van der Waals surface area contributed by atoms with Gasteiger partial charge in [0, 0.05) is 48.7 Å². The van der Waals surface area contributed by atoms with Crippen molar-refractivity contribution in [1.82, 2.24) is 15.5 Å². The number of allylic oxidation sites excluding steroid dienone is 2. The van der Waals surface area contributed by atoms with E-state index < -0.39 is 23.4 Å². The smallest absolute Gasteiger partial charge is 0.165 e. The van der Waals surface area contributed by atoms with Crippen LogP contribution in [0.2, 0.25) is 0 Å². The maximum atomic E-state index is 14.2. The van der Waals surface area contributed by atoms with Gasteiger partial charge in [-0.25, -0.2) is 13.2 Å². The van der Waals surface area contributed by atoms with Crippen molar-refractivity contribution >= 4 is 12.6 Å². The highest BCUT2D eigenvalue weighted by atomic mass is 32.1. The third-order valence-corrected chi connectivity index (χ3v) is 6.30. The molecule has 154 valence electrons. The van der Waals surface area contributed by atoms with Gasteiger partial charge in [-0.15, -0.1) is 12.6 Å². The summed E-state index contributed by atoms with van der Waals surface area (Å²) < 4.78 is 47.4. The van der Waals surface area contributed by atoms with E-state index in [-0.39, 0.29) is 11.1 Å². The lowest BCUT2D eigenvalue weighted by Gasteiger charge is -2.23. The van der Waals surface area contributed by atoms with E-state index in [9.17, 15) is 13.2 Å². The molecule has 2 saturated heterocycles. The molecule has 28 heavy (non-hydrogen) atoms. The fourth-order valence-corrected chi connectivity index (χ4v) is 4.81. The Bertz CT molecular complexity index is 754. The largest absolute Gasteiger partial charge is 0.381 e. The Balaban J connectivity index is 1.39. The Kier molecular flexibility index (Phi) is 6.08. The summed E-state index contributed by atoms with van der Waals surface area (Å²) in [5.74, 6) is -3.16. The summed E-state index contributed by atoms with van der Waals surface area (Å²) in [5, 5.41) is 6.94. The molecule has 4 nitrogen and oxygen atoms in total. The second-order valence-electron chi connectivity index (χ2n) is 7.70. The molecule has 2 fully saturated rings. The topological polar surface area (TPSA) is 36.5 Å². The number of halogens is 3. The zero-order valence-electron chi connectivity index (χ0n) is 15.7. The molecule has 2 N–H and O–H groups in total. The van der Waals surface area contributed by atoms with Gasteiger partial charge in [-0.1, -0.05) is 0 Å². The first-order valence-electron chi connectivity index (χ1n) is 9.92. The lowest BCUT2D eigenvalue weighted by atomic mass is 9.95. The van der Waals surface area contributed by atoms with Crippen molar-refractivity contribution in [2.24, 2.45) is 0 Å². The van der Waals surface area contributed by atoms with Crippen molar-refractivity contribution in [3.63, 3.8) is 0 Å². The minimum absolute atomic E-state index is 0.150. The molecule has 1 aromatic rings. The first-order chi connectivity index (χ1) is 13.5. The molecular weight excluding hydrogens is 387 g/mol. The number of hydrogen-bond donors (Lipinski definition) is 3. The van der Waals surface area contributed by atoms with Gasteiger partial charge in [0.05, 0.1) is 0 Å². The molecule has 0 saturated carbocycles. The normalized spacial score (nSPS) is 25.4. The molecule has 2 atom stereocenters. The molecule has 0 spiro atoms. The Labute approximate surface area is 168 Å². The molecule has 8 heteroatoms. The zero-order chi connectivity index (χ0) is 19.7. The summed E-state index contributed by atoms with van der Waals surface area (Å²) in [6, 6.07) is 2.36. The first kappa shape index (κ1) is 19.9. The molecular formula is C20H26F3N3OS. The summed E-state index contributed by atoms with van der Waals surface area (Å²) in [5.41, 5.74) is 1.76. The van der Waals surface area contributed by atoms with E-state index in [2.05, 4.69) is 23.3 Å². The average molecular weight is 414 g/mol. The molecule has 1 unspecified atom stereocenters. The van der Waals surface area contributed by atoms with Gasteiger partial charge in [0.1, 0.15) is 11.3 Å². The van der Waals surface area contributed by atoms with Gasteiger partial charge in [-0.05, 0) is 50.8 Å². The maximum Gasteiger partial charge on any atom is 0.165 e. The summed E-state index contributed by atoms with van der Waals surface area (Å²) in [4.78, 5) is 2.03. The number of hydrogen-bond acceptors (Lipinski definition) is 5. The summed E-state index contributed by atoms with van der Waals surface area (Å²) in [6.45, 7) is 2.98. The van der Waals surface area contributed by atoms with E-state index in [4.69, 9.17) is 4.74 Å². The van der Waals surface area contributed by atoms with Crippen LogP contribution in [0.1, 0.15) is 43.6 Å². The van der Waals surface area contributed by atoms with Crippen LogP contribution < -0.4 is 10.6 Å². The van der Waals surface area contributed by atoms with E-state index in [1.165, 1.54) is 0 Å². The third-order valence-electron chi connectivity index (χ3n) is 5.90. The molecule has 0 radical (unpaired) electrons. The Morgan fingerprint density at radius 1 is 1.18 bits per heavy atom. The number of thiol groups is 1. The van der Waals surface area contributed by atoms with Gasteiger partial charge >= 0.3 is 0 Å². The molecule has 0 aliphatic carbocycles. The van der Waals surface area contributed by atoms with Gasteiger partial charge in [0.25, 0.3) is 0 Å². The van der Waals surface area contributed by atoms with Gasteiger partial charge in [0.15, 0.2) is 11.6 Å². The Morgan fingerprint density at radius 3 is 2.71 bits per heavy atom. The highest BCUT2D eigenvalue weighted by Crippen LogP contribution is 2.42. The number of rotatable bonds is 6. The highest BCUT2D eigenvalue weighted by molar-refractivity contribution is 7.80. The molecule has 3 aliphatic rings. The van der Waals surface area contributed by atoms with Gasteiger partial charge in [-0.3, -0.25) is 0 Å². The van der Waals surface area contributed by atoms with Crippen molar-refractivity contribution < 1.29 is 17.9 Å². The quantitative estimate of drug-likeness (QED) is 0.379. The van der Waals surface area contributed by atoms with Crippen molar-refractivity contribution in [3.8, 4) is 0 Å². The number of benzene rings is 1. The van der Waals surface area contributed by atoms with E-state index in [0.29, 0.717) is 19.0 Å². The predicted octanol–water partition coefficient (Wildman–Crippen LogP) is 3.47. The SMILES string of the molecule is Fc1ccc(F)c([C@H]2CC3=C(CCCNC4CCOCC4)NC(S)N3C2)c1F. The fraction of sp³-hybridized carbons (Fsp3) is 0.600. The fourth-order valence-electron chi connectivity index (χ4n) is 4.42. The van der Waals surface area contributed by atoms with Crippen LogP contribution in [0.4, 0.5) is 13.2 Å². The molecule has 0 bridgehead atoms. The Morgan fingerprint density at radius 2 is 1.93 bits per heavy atom. The molecule has 3 heterocycles. The lowest BCUT2D eigenvalue weighted by molar-refractivity contribution is 0.0780. The van der Waals surface area contributed by atoms with Crippen LogP contribution in [-0.2, 0) is 4.74 Å². The maximum absolute atomic E-state index is 14.2. The van der Waals surface area contributed by atoms with Crippen LogP contribution in [0.25, 0.3) is 0 Å². The van der Waals surface area contributed by atoms with E-state index in [1.54, 1.807) is 0 Å². The summed E-state index contributed by atoms with van der Waals surface area (Å²) in [7, 11) is 0. The van der Waals surface area contributed by atoms with Crippen LogP contribution in [0.15, 0.2) is 23.5 Å². The van der Waals surface area contributed by atoms with Crippen molar-refractivity contribution in [2.45, 2.75) is 49.6 Å². The second-order valence-corrected chi connectivity index (χ2v) is 8.19. The number of nitrogens with zero attached hydrogens (tertiary/aromatic N) is 1. The molecule has 1 aromatic carbocycles. The highest BCUT2D eigenvalue weighted by Gasteiger charge is 2.39. The lowest BCUT2D eigenvalue weighted by Crippen LogP contribution is -2.35. The molecule has 0 aromatic heterocycles. The van der Waals surface area contributed by atoms with Gasteiger partial charge < -0.3 is 20.3 Å². The molecule has 4 rings (SSSR count). The van der Waals surface area contributed by atoms with Crippen molar-refractivity contribution in [1.29, 1.82) is 0 Å². The van der Waals surface area contributed by atoms with E-state index in [1.807, 2.05) is 4.90 Å². The number of ether oxygens (including phenoxy) is 1. The first-order valence-corrected chi connectivity index (χ1v) is 10.4. The number of fused-ring (bicyclic) bond motifs is 1. The predicted molar refractivity (Wildman–Crippen MR) is 104 cm³/mol. The standard InChI is InChI=1S/C20H26F3N3OS/c21-14-3-4-15(22)19(23)18(14)12-10-17-16(25-20(28)26(17)11-12)2-1-7-24-13-5-8-27-9-6-13/h3-4,12-13,20,24-25,28H,1-2,5-11H2/t12-,20?/m0/s1.